The first-order chi connectivity index (χ1) is 7.59. The molecule has 0 spiro atoms. The molecule has 0 N–H and O–H groups in total. The van der Waals surface area contributed by atoms with Gasteiger partial charge in [-0.25, -0.2) is 0 Å². The molecule has 0 aliphatic heterocycles. The summed E-state index contributed by atoms with van der Waals surface area (Å²) in [4.78, 5) is 10.4. The summed E-state index contributed by atoms with van der Waals surface area (Å²) in [5.41, 5.74) is 0. The van der Waals surface area contributed by atoms with E-state index >= 15 is 0 Å². The molecule has 0 fully saturated rings. The van der Waals surface area contributed by atoms with Gasteiger partial charge in [0.1, 0.15) is 0 Å². The molecule has 0 saturated carbocycles. The van der Waals surface area contributed by atoms with Crippen LogP contribution in [0.3, 0.4) is 0 Å². The van der Waals surface area contributed by atoms with Gasteiger partial charge in [0.05, 0.1) is 11.2 Å². The van der Waals surface area contributed by atoms with Crippen molar-refractivity contribution in [3.8, 4) is 0 Å². The average molecular weight is 247 g/mol. The molecule has 0 aromatic heterocycles. The summed E-state index contributed by atoms with van der Waals surface area (Å²) in [5, 5.41) is 9.61. The first-order valence-electron chi connectivity index (χ1n) is 6.17. The minimum absolute atomic E-state index is 0.489. The molecule has 0 saturated heterocycles. The van der Waals surface area contributed by atoms with Crippen LogP contribution >= 0.6 is 0 Å². The van der Waals surface area contributed by atoms with Crippen molar-refractivity contribution in [1.82, 2.24) is 0 Å². The molecule has 4 heteroatoms. The molecule has 96 valence electrons. The Balaban J connectivity index is 3.38. The van der Waals surface area contributed by atoms with Gasteiger partial charge in [0.2, 0.25) is 0 Å². The van der Waals surface area contributed by atoms with E-state index in [0.717, 1.165) is 19.3 Å². The molecule has 16 heavy (non-hydrogen) atoms. The summed E-state index contributed by atoms with van der Waals surface area (Å²) in [6, 6.07) is 0. The molecule has 0 aromatic carbocycles. The predicted molar refractivity (Wildman–Crippen MR) is 65.5 cm³/mol. The van der Waals surface area contributed by atoms with Crippen LogP contribution in [0.5, 0.6) is 0 Å². The zero-order valence-corrected chi connectivity index (χ0v) is 11.2. The van der Waals surface area contributed by atoms with Crippen molar-refractivity contribution < 1.29 is 14.1 Å². The molecule has 0 rings (SSSR count). The van der Waals surface area contributed by atoms with E-state index in [4.69, 9.17) is 0 Å². The summed E-state index contributed by atoms with van der Waals surface area (Å²) in [6.07, 6.45) is 8.11. The molecule has 3 nitrogen and oxygen atoms in total. The molecule has 2 atom stereocenters. The second-order valence-electron chi connectivity index (χ2n) is 4.17. The number of aliphatic carboxylic acids is 1. The monoisotopic (exact) mass is 247 g/mol. The molecule has 2 unspecified atom stereocenters. The van der Waals surface area contributed by atoms with Crippen LogP contribution in [-0.2, 0) is 15.6 Å². The minimum Gasteiger partial charge on any atom is -0.549 e. The fraction of sp³-hybridized carbons (Fsp3) is 0.917. The quantitative estimate of drug-likeness (QED) is 0.551. The Morgan fingerprint density at radius 2 is 1.62 bits per heavy atom. The third-order valence-electron chi connectivity index (χ3n) is 2.68. The van der Waals surface area contributed by atoms with Crippen molar-refractivity contribution in [3.63, 3.8) is 0 Å². The fourth-order valence-corrected chi connectivity index (χ4v) is 2.54. The molecule has 0 radical (unpaired) electrons. The van der Waals surface area contributed by atoms with Crippen LogP contribution in [0.1, 0.15) is 58.8 Å². The Bertz CT molecular complexity index is 216. The summed E-state index contributed by atoms with van der Waals surface area (Å²) in [6.45, 7) is 3.64. The summed E-state index contributed by atoms with van der Waals surface area (Å²) < 4.78 is 11.4. The molecular weight excluding hydrogens is 224 g/mol. The number of carbonyl (C=O) groups excluding carboxylic acids is 1. The zero-order chi connectivity index (χ0) is 12.4. The SMILES string of the molecule is CCCCCCCCCS(=O)C(C)C(=O)[O-]. The maximum Gasteiger partial charge on any atom is 0.0714 e. The summed E-state index contributed by atoms with van der Waals surface area (Å²) in [5.74, 6) is -0.718. The normalized spacial score (nSPS) is 14.6. The van der Waals surface area contributed by atoms with Crippen molar-refractivity contribution in [1.29, 1.82) is 0 Å². The van der Waals surface area contributed by atoms with E-state index in [1.165, 1.54) is 32.6 Å². The van der Waals surface area contributed by atoms with Crippen LogP contribution in [0.2, 0.25) is 0 Å². The van der Waals surface area contributed by atoms with Gasteiger partial charge in [-0.15, -0.1) is 0 Å². The van der Waals surface area contributed by atoms with Gasteiger partial charge in [0, 0.05) is 16.6 Å². The van der Waals surface area contributed by atoms with Crippen LogP contribution in [0.15, 0.2) is 0 Å². The summed E-state index contributed by atoms with van der Waals surface area (Å²) >= 11 is 0. The lowest BCUT2D eigenvalue weighted by atomic mass is 10.1. The van der Waals surface area contributed by atoms with E-state index in [1.807, 2.05) is 0 Å². The number of carboxylic acids is 1. The molecule has 0 bridgehead atoms. The second-order valence-corrected chi connectivity index (χ2v) is 6.04. The topological polar surface area (TPSA) is 57.2 Å². The highest BCUT2D eigenvalue weighted by atomic mass is 32.2. The Morgan fingerprint density at radius 1 is 1.12 bits per heavy atom. The van der Waals surface area contributed by atoms with Crippen molar-refractivity contribution in [3.05, 3.63) is 0 Å². The number of carboxylic acid groups (broad SMARTS) is 1. The van der Waals surface area contributed by atoms with Crippen molar-refractivity contribution in [2.45, 2.75) is 64.0 Å². The third kappa shape index (κ3) is 7.85. The van der Waals surface area contributed by atoms with Gasteiger partial charge in [-0.2, -0.15) is 0 Å². The van der Waals surface area contributed by atoms with E-state index in [0.29, 0.717) is 5.75 Å². The largest absolute Gasteiger partial charge is 0.549 e. The molecule has 0 heterocycles. The van der Waals surface area contributed by atoms with E-state index in [1.54, 1.807) is 0 Å². The van der Waals surface area contributed by atoms with Crippen LogP contribution in [0.25, 0.3) is 0 Å². The van der Waals surface area contributed by atoms with Crippen molar-refractivity contribution >= 4 is 16.8 Å². The number of unbranched alkanes of at least 4 members (excludes halogenated alkanes) is 6. The van der Waals surface area contributed by atoms with Gasteiger partial charge in [-0.3, -0.25) is 4.21 Å². The Morgan fingerprint density at radius 3 is 2.12 bits per heavy atom. The van der Waals surface area contributed by atoms with Gasteiger partial charge in [0.25, 0.3) is 0 Å². The molecule has 0 aliphatic carbocycles. The van der Waals surface area contributed by atoms with Crippen molar-refractivity contribution in [2.75, 3.05) is 5.75 Å². The number of rotatable bonds is 10. The molecule has 0 aromatic rings. The lowest BCUT2D eigenvalue weighted by Crippen LogP contribution is -2.37. The van der Waals surface area contributed by atoms with E-state index in [2.05, 4.69) is 6.92 Å². The number of hydrogen-bond donors (Lipinski definition) is 0. The lowest BCUT2D eigenvalue weighted by Gasteiger charge is -2.11. The number of carbonyl (C=O) groups is 1. The van der Waals surface area contributed by atoms with Gasteiger partial charge in [0.15, 0.2) is 0 Å². The van der Waals surface area contributed by atoms with Gasteiger partial charge < -0.3 is 9.90 Å². The zero-order valence-electron chi connectivity index (χ0n) is 10.4. The van der Waals surface area contributed by atoms with E-state index < -0.39 is 22.0 Å². The average Bonchev–Trinajstić information content (AvgIpc) is 2.26. The molecular formula is C12H23O3S-. The van der Waals surface area contributed by atoms with Gasteiger partial charge in [-0.1, -0.05) is 45.4 Å². The Hall–Kier alpha value is -0.380. The lowest BCUT2D eigenvalue weighted by molar-refractivity contribution is -0.304. The Labute approximate surface area is 101 Å². The van der Waals surface area contributed by atoms with Gasteiger partial charge in [-0.05, 0) is 13.3 Å². The van der Waals surface area contributed by atoms with Crippen LogP contribution in [0, 0.1) is 0 Å². The first kappa shape index (κ1) is 15.6. The Kier molecular flexibility index (Phi) is 9.59. The highest BCUT2D eigenvalue weighted by Gasteiger charge is 2.10. The standard InChI is InChI=1S/C12H24O3S/c1-3-4-5-6-7-8-9-10-16(15)11(2)12(13)14/h11H,3-10H2,1-2H3,(H,13,14)/p-1. The second kappa shape index (κ2) is 9.82. The maximum atomic E-state index is 11.4. The highest BCUT2D eigenvalue weighted by molar-refractivity contribution is 7.86. The van der Waals surface area contributed by atoms with Crippen LogP contribution < -0.4 is 5.11 Å². The van der Waals surface area contributed by atoms with E-state index in [-0.39, 0.29) is 0 Å². The van der Waals surface area contributed by atoms with Gasteiger partial charge >= 0.3 is 0 Å². The third-order valence-corrected chi connectivity index (χ3v) is 4.35. The van der Waals surface area contributed by atoms with E-state index in [9.17, 15) is 14.1 Å². The maximum absolute atomic E-state index is 11.4. The smallest absolute Gasteiger partial charge is 0.0714 e. The molecule has 0 aliphatic rings. The first-order valence-corrected chi connectivity index (χ1v) is 7.55. The summed E-state index contributed by atoms with van der Waals surface area (Å²) in [7, 11) is -1.27. The fourth-order valence-electron chi connectivity index (χ4n) is 1.49. The number of hydrogen-bond acceptors (Lipinski definition) is 3. The highest BCUT2D eigenvalue weighted by Crippen LogP contribution is 2.08. The van der Waals surface area contributed by atoms with Crippen LogP contribution in [-0.4, -0.2) is 21.2 Å². The van der Waals surface area contributed by atoms with Crippen LogP contribution in [0.4, 0.5) is 0 Å². The van der Waals surface area contributed by atoms with Crippen molar-refractivity contribution in [2.24, 2.45) is 0 Å². The minimum atomic E-state index is -1.27. The predicted octanol–water partition coefficient (Wildman–Crippen LogP) is 1.62. The molecule has 0 amide bonds.